The monoisotopic (exact) mass is 124 g/mol. The largest absolute Gasteiger partial charge is 0.496 e. The van der Waals surface area contributed by atoms with Crippen molar-refractivity contribution >= 4 is 5.78 Å². The Balaban J connectivity index is 2.96. The van der Waals surface area contributed by atoms with Crippen molar-refractivity contribution in [3.05, 3.63) is 23.5 Å². The van der Waals surface area contributed by atoms with Crippen molar-refractivity contribution in [2.24, 2.45) is 0 Å². The smallest absolute Gasteiger partial charge is 0.195 e. The van der Waals surface area contributed by atoms with Crippen LogP contribution in [0.15, 0.2) is 23.5 Å². The number of Topliss-reactive ketones (excluding diaryl/α,β-unsaturated/α-hetero) is 1. The van der Waals surface area contributed by atoms with Gasteiger partial charge in [-0.1, -0.05) is 6.58 Å². The number of ether oxygens (including phenoxy) is 1. The number of carbonyl (C=O) groups excluding carboxylic acids is 1. The quantitative estimate of drug-likeness (QED) is 0.488. The first kappa shape index (κ1) is 6.08. The normalized spacial score (nSPS) is 18.0. The molecule has 2 heteroatoms. The van der Waals surface area contributed by atoms with Crippen molar-refractivity contribution in [2.45, 2.75) is 6.92 Å². The molecular formula is C7H8O2. The molecule has 0 aromatic heterocycles. The number of carbonyl (C=O) groups is 1. The zero-order chi connectivity index (χ0) is 7.02. The third-order valence-electron chi connectivity index (χ3n) is 1.43. The van der Waals surface area contributed by atoms with Gasteiger partial charge in [0.05, 0.1) is 12.7 Å². The number of methoxy groups -OCH3 is 1. The molecule has 9 heavy (non-hydrogen) atoms. The molecule has 0 fully saturated rings. The Bertz CT molecular complexity index is 211. The summed E-state index contributed by atoms with van der Waals surface area (Å²) in [6.45, 7) is 5.24. The first-order valence-electron chi connectivity index (χ1n) is 2.67. The minimum atomic E-state index is 0.0202. The van der Waals surface area contributed by atoms with Gasteiger partial charge in [-0.25, -0.2) is 0 Å². The van der Waals surface area contributed by atoms with Crippen molar-refractivity contribution in [3.63, 3.8) is 0 Å². The van der Waals surface area contributed by atoms with E-state index in [9.17, 15) is 4.79 Å². The highest BCUT2D eigenvalue weighted by Gasteiger charge is 2.28. The Labute approximate surface area is 53.8 Å². The fraction of sp³-hybridized carbons (Fsp3) is 0.286. The first-order valence-corrected chi connectivity index (χ1v) is 2.67. The van der Waals surface area contributed by atoms with Crippen molar-refractivity contribution in [3.8, 4) is 0 Å². The minimum Gasteiger partial charge on any atom is -0.496 e. The van der Waals surface area contributed by atoms with Gasteiger partial charge in [-0.05, 0) is 6.92 Å². The molecular weight excluding hydrogens is 116 g/mol. The maximum absolute atomic E-state index is 10.7. The Kier molecular flexibility index (Phi) is 1.16. The second kappa shape index (κ2) is 1.72. The van der Waals surface area contributed by atoms with Gasteiger partial charge >= 0.3 is 0 Å². The van der Waals surface area contributed by atoms with E-state index in [-0.39, 0.29) is 5.78 Å². The van der Waals surface area contributed by atoms with Crippen molar-refractivity contribution < 1.29 is 9.53 Å². The summed E-state index contributed by atoms with van der Waals surface area (Å²) in [5.41, 5.74) is 1.18. The Morgan fingerprint density at radius 2 is 2.11 bits per heavy atom. The van der Waals surface area contributed by atoms with E-state index in [1.807, 2.05) is 0 Å². The zero-order valence-electron chi connectivity index (χ0n) is 5.52. The number of ketones is 1. The Hall–Kier alpha value is -1.05. The number of hydrogen-bond donors (Lipinski definition) is 0. The number of rotatable bonds is 1. The van der Waals surface area contributed by atoms with Crippen molar-refractivity contribution in [2.75, 3.05) is 7.11 Å². The Morgan fingerprint density at radius 1 is 1.56 bits per heavy atom. The predicted octanol–water partition coefficient (Wildman–Crippen LogP) is 1.05. The highest BCUT2D eigenvalue weighted by Crippen LogP contribution is 2.28. The molecule has 0 unspecified atom stereocenters. The number of allylic oxidation sites excluding steroid dienone is 2. The van der Waals surface area contributed by atoms with E-state index >= 15 is 0 Å². The maximum Gasteiger partial charge on any atom is 0.195 e. The molecule has 0 spiro atoms. The summed E-state index contributed by atoms with van der Waals surface area (Å²) in [4.78, 5) is 10.7. The van der Waals surface area contributed by atoms with E-state index in [4.69, 9.17) is 4.74 Å². The summed E-state index contributed by atoms with van der Waals surface area (Å²) in [5, 5.41) is 0. The lowest BCUT2D eigenvalue weighted by molar-refractivity contribution is -0.113. The molecule has 0 amide bonds. The lowest BCUT2D eigenvalue weighted by atomic mass is 9.91. The second-order valence-corrected chi connectivity index (χ2v) is 1.97. The summed E-state index contributed by atoms with van der Waals surface area (Å²) >= 11 is 0. The summed E-state index contributed by atoms with van der Waals surface area (Å²) in [7, 11) is 1.54. The summed E-state index contributed by atoms with van der Waals surface area (Å²) in [5.74, 6) is 0.673. The van der Waals surface area contributed by atoms with Crippen LogP contribution in [0.1, 0.15) is 6.92 Å². The molecule has 0 saturated heterocycles. The van der Waals surface area contributed by atoms with Crippen molar-refractivity contribution in [1.82, 2.24) is 0 Å². The van der Waals surface area contributed by atoms with Crippen LogP contribution in [0, 0.1) is 0 Å². The van der Waals surface area contributed by atoms with E-state index in [1.54, 1.807) is 6.92 Å². The Morgan fingerprint density at radius 3 is 2.33 bits per heavy atom. The minimum absolute atomic E-state index is 0.0202. The first-order chi connectivity index (χ1) is 4.18. The van der Waals surface area contributed by atoms with Crippen LogP contribution in [0.25, 0.3) is 0 Å². The van der Waals surface area contributed by atoms with Gasteiger partial charge in [-0.15, -0.1) is 0 Å². The molecule has 0 radical (unpaired) electrons. The van der Waals surface area contributed by atoms with Gasteiger partial charge in [0.25, 0.3) is 0 Å². The lowest BCUT2D eigenvalue weighted by Crippen LogP contribution is -2.20. The second-order valence-electron chi connectivity index (χ2n) is 1.97. The fourth-order valence-corrected chi connectivity index (χ4v) is 0.873. The fourth-order valence-electron chi connectivity index (χ4n) is 0.873. The molecule has 48 valence electrons. The van der Waals surface area contributed by atoms with Crippen LogP contribution in [0.5, 0.6) is 0 Å². The lowest BCUT2D eigenvalue weighted by Gasteiger charge is -2.19. The zero-order valence-corrected chi connectivity index (χ0v) is 5.52. The van der Waals surface area contributed by atoms with Gasteiger partial charge in [0.2, 0.25) is 0 Å². The SMILES string of the molecule is C=C1C(=O)C(C)=C1OC. The molecule has 0 N–H and O–H groups in total. The van der Waals surface area contributed by atoms with E-state index < -0.39 is 0 Å². The molecule has 0 heterocycles. The van der Waals surface area contributed by atoms with Crippen LogP contribution in [-0.4, -0.2) is 12.9 Å². The average molecular weight is 124 g/mol. The average Bonchev–Trinajstić information content (AvgIpc) is 1.89. The molecule has 1 aliphatic rings. The molecule has 0 aromatic rings. The highest BCUT2D eigenvalue weighted by molar-refractivity contribution is 6.18. The van der Waals surface area contributed by atoms with Crippen LogP contribution >= 0.6 is 0 Å². The van der Waals surface area contributed by atoms with E-state index in [0.717, 1.165) is 0 Å². The molecule has 0 aliphatic heterocycles. The van der Waals surface area contributed by atoms with Gasteiger partial charge in [-0.2, -0.15) is 0 Å². The third kappa shape index (κ3) is 0.593. The van der Waals surface area contributed by atoms with E-state index in [0.29, 0.717) is 16.9 Å². The number of hydrogen-bond acceptors (Lipinski definition) is 2. The molecule has 0 saturated carbocycles. The van der Waals surface area contributed by atoms with E-state index in [2.05, 4.69) is 6.58 Å². The van der Waals surface area contributed by atoms with Crippen LogP contribution in [0.4, 0.5) is 0 Å². The van der Waals surface area contributed by atoms with E-state index in [1.165, 1.54) is 7.11 Å². The van der Waals surface area contributed by atoms with Gasteiger partial charge in [0.15, 0.2) is 5.78 Å². The standard InChI is InChI=1S/C7H8O2/c1-4-6(8)5(2)7(4)9-3/h1H2,2-3H3. The van der Waals surface area contributed by atoms with Gasteiger partial charge in [0, 0.05) is 5.57 Å². The summed E-state index contributed by atoms with van der Waals surface area (Å²) in [6, 6.07) is 0. The van der Waals surface area contributed by atoms with Gasteiger partial charge in [-0.3, -0.25) is 4.79 Å². The van der Waals surface area contributed by atoms with Gasteiger partial charge < -0.3 is 4.74 Å². The van der Waals surface area contributed by atoms with Crippen molar-refractivity contribution in [1.29, 1.82) is 0 Å². The van der Waals surface area contributed by atoms with Crippen LogP contribution < -0.4 is 0 Å². The highest BCUT2D eigenvalue weighted by atomic mass is 16.5. The van der Waals surface area contributed by atoms with Crippen LogP contribution in [-0.2, 0) is 9.53 Å². The topological polar surface area (TPSA) is 26.3 Å². The molecule has 0 aromatic carbocycles. The summed E-state index contributed by atoms with van der Waals surface area (Å²) < 4.78 is 4.84. The van der Waals surface area contributed by atoms with Crippen LogP contribution in [0.2, 0.25) is 0 Å². The molecule has 2 nitrogen and oxygen atoms in total. The predicted molar refractivity (Wildman–Crippen MR) is 33.9 cm³/mol. The summed E-state index contributed by atoms with van der Waals surface area (Å²) in [6.07, 6.45) is 0. The molecule has 1 aliphatic carbocycles. The third-order valence-corrected chi connectivity index (χ3v) is 1.43. The maximum atomic E-state index is 10.7. The molecule has 0 bridgehead atoms. The molecule has 1 rings (SSSR count). The van der Waals surface area contributed by atoms with Gasteiger partial charge in [0.1, 0.15) is 5.76 Å². The molecule has 0 atom stereocenters. The van der Waals surface area contributed by atoms with Crippen LogP contribution in [0.3, 0.4) is 0 Å².